The van der Waals surface area contributed by atoms with Crippen LogP contribution in [0.5, 0.6) is 5.75 Å². The first-order valence-corrected chi connectivity index (χ1v) is 11.6. The average Bonchev–Trinajstić information content (AvgIpc) is 3.44. The minimum Gasteiger partial charge on any atom is -0.493 e. The normalized spacial score (nSPS) is 16.7. The van der Waals surface area contributed by atoms with Crippen molar-refractivity contribution in [2.24, 2.45) is 0 Å². The molecule has 0 saturated carbocycles. The van der Waals surface area contributed by atoms with E-state index in [0.717, 1.165) is 49.1 Å². The van der Waals surface area contributed by atoms with E-state index < -0.39 is 0 Å². The number of benzene rings is 2. The highest BCUT2D eigenvalue weighted by Gasteiger charge is 2.29. The Kier molecular flexibility index (Phi) is 5.60. The zero-order chi connectivity index (χ0) is 22.1. The highest BCUT2D eigenvalue weighted by atomic mass is 16.5. The van der Waals surface area contributed by atoms with Gasteiger partial charge in [0.05, 0.1) is 29.3 Å². The Hall–Kier alpha value is -3.28. The number of rotatable bonds is 6. The lowest BCUT2D eigenvalue weighted by molar-refractivity contribution is 0.0703. The zero-order valence-electron chi connectivity index (χ0n) is 18.7. The van der Waals surface area contributed by atoms with Gasteiger partial charge in [-0.1, -0.05) is 19.1 Å². The first-order valence-electron chi connectivity index (χ1n) is 11.6. The fraction of sp³-hybridized carbons (Fsp3) is 0.385. The van der Waals surface area contributed by atoms with Crippen LogP contribution in [0.25, 0.3) is 22.0 Å². The van der Waals surface area contributed by atoms with Crippen molar-refractivity contribution >= 4 is 27.9 Å². The zero-order valence-corrected chi connectivity index (χ0v) is 18.7. The van der Waals surface area contributed by atoms with Crippen LogP contribution < -0.4 is 4.74 Å². The summed E-state index contributed by atoms with van der Waals surface area (Å²) in [6.07, 6.45) is 4.69. The number of carbonyl (C=O) groups excluding carboxylic acids is 1. The van der Waals surface area contributed by atoms with E-state index in [9.17, 15) is 4.79 Å². The van der Waals surface area contributed by atoms with Crippen LogP contribution in [0.4, 0.5) is 0 Å². The molecule has 1 fully saturated rings. The molecular formula is C26H29N3O3. The predicted molar refractivity (Wildman–Crippen MR) is 125 cm³/mol. The van der Waals surface area contributed by atoms with Crippen molar-refractivity contribution in [1.29, 1.82) is 0 Å². The van der Waals surface area contributed by atoms with Gasteiger partial charge in [-0.3, -0.25) is 4.79 Å². The number of aromatic nitrogens is 2. The van der Waals surface area contributed by atoms with Crippen molar-refractivity contribution in [3.63, 3.8) is 0 Å². The van der Waals surface area contributed by atoms with Crippen molar-refractivity contribution in [2.45, 2.75) is 45.6 Å². The van der Waals surface area contributed by atoms with E-state index in [1.807, 2.05) is 36.1 Å². The van der Waals surface area contributed by atoms with E-state index in [2.05, 4.69) is 29.7 Å². The molecule has 2 aromatic heterocycles. The fourth-order valence-electron chi connectivity index (χ4n) is 4.86. The maximum atomic E-state index is 13.5. The van der Waals surface area contributed by atoms with E-state index in [4.69, 9.17) is 14.1 Å². The van der Waals surface area contributed by atoms with Gasteiger partial charge in [0, 0.05) is 31.1 Å². The smallest absolute Gasteiger partial charge is 0.254 e. The molecule has 32 heavy (non-hydrogen) atoms. The molecule has 6 nitrogen and oxygen atoms in total. The molecule has 1 saturated heterocycles. The summed E-state index contributed by atoms with van der Waals surface area (Å²) in [6, 6.07) is 13.9. The maximum Gasteiger partial charge on any atom is 0.254 e. The molecule has 2 aromatic carbocycles. The molecule has 1 unspecified atom stereocenters. The van der Waals surface area contributed by atoms with Gasteiger partial charge in [0.15, 0.2) is 0 Å². The van der Waals surface area contributed by atoms with E-state index in [0.29, 0.717) is 30.0 Å². The molecular weight excluding hydrogens is 402 g/mol. The molecule has 6 heteroatoms. The molecule has 4 aromatic rings. The van der Waals surface area contributed by atoms with E-state index in [1.165, 1.54) is 5.52 Å². The third-order valence-electron chi connectivity index (χ3n) is 6.29. The van der Waals surface area contributed by atoms with Crippen molar-refractivity contribution < 1.29 is 13.9 Å². The first kappa shape index (κ1) is 20.6. The van der Waals surface area contributed by atoms with Gasteiger partial charge < -0.3 is 18.6 Å². The molecule has 0 spiro atoms. The van der Waals surface area contributed by atoms with Crippen LogP contribution in [0.3, 0.4) is 0 Å². The number of nitrogens with zero attached hydrogens (tertiary/aromatic N) is 3. The largest absolute Gasteiger partial charge is 0.493 e. The molecule has 0 bridgehead atoms. The van der Waals surface area contributed by atoms with Crippen LogP contribution >= 0.6 is 0 Å². The highest BCUT2D eigenvalue weighted by molar-refractivity contribution is 5.99. The fourth-order valence-corrected chi connectivity index (χ4v) is 4.86. The molecule has 3 heterocycles. The van der Waals surface area contributed by atoms with Crippen LogP contribution in [-0.4, -0.2) is 40.1 Å². The monoisotopic (exact) mass is 431 g/mol. The maximum absolute atomic E-state index is 13.5. The third-order valence-corrected chi connectivity index (χ3v) is 6.29. The Labute approximate surface area is 187 Å². The number of carbonyl (C=O) groups is 1. The predicted octanol–water partition coefficient (Wildman–Crippen LogP) is 5.61. The molecule has 0 N–H and O–H groups in total. The van der Waals surface area contributed by atoms with Crippen molar-refractivity contribution in [3.05, 3.63) is 60.1 Å². The number of aryl methyl sites for hydroxylation is 1. The number of para-hydroxylation sites is 2. The molecule has 1 aliphatic heterocycles. The Morgan fingerprint density at radius 2 is 2.09 bits per heavy atom. The van der Waals surface area contributed by atoms with Crippen LogP contribution in [-0.2, 0) is 6.54 Å². The number of ether oxygens (including phenoxy) is 1. The second kappa shape index (κ2) is 8.69. The standard InChI is InChI=1S/C26H29N3O3/c1-3-12-29-22-10-6-5-9-21(22)27-25(29)18-8-7-13-28(17-18)26(30)19-15-23(31-4-2)20-11-14-32-24(20)16-19/h5-6,9-11,14-16,18H,3-4,7-8,12-13,17H2,1-2H3. The number of hydrogen-bond donors (Lipinski definition) is 0. The van der Waals surface area contributed by atoms with Crippen molar-refractivity contribution in [3.8, 4) is 5.75 Å². The lowest BCUT2D eigenvalue weighted by Crippen LogP contribution is -2.39. The minimum absolute atomic E-state index is 0.0205. The third kappa shape index (κ3) is 3.64. The van der Waals surface area contributed by atoms with Gasteiger partial charge in [0.25, 0.3) is 5.91 Å². The molecule has 1 amide bonds. The number of likely N-dealkylation sites (tertiary alicyclic amines) is 1. The van der Waals surface area contributed by atoms with E-state index in [1.54, 1.807) is 6.26 Å². The number of amides is 1. The summed E-state index contributed by atoms with van der Waals surface area (Å²) in [7, 11) is 0. The van der Waals surface area contributed by atoms with Gasteiger partial charge in [-0.2, -0.15) is 0 Å². The second-order valence-corrected chi connectivity index (χ2v) is 8.44. The Morgan fingerprint density at radius 3 is 2.94 bits per heavy atom. The SMILES string of the molecule is CCCn1c(C2CCCN(C(=O)c3cc(OCC)c4ccoc4c3)C2)nc2ccccc21. The molecule has 166 valence electrons. The summed E-state index contributed by atoms with van der Waals surface area (Å²) in [5, 5.41) is 0.896. The minimum atomic E-state index is 0.0205. The van der Waals surface area contributed by atoms with Gasteiger partial charge in [0.2, 0.25) is 0 Å². The topological polar surface area (TPSA) is 60.5 Å². The van der Waals surface area contributed by atoms with Crippen LogP contribution in [0.1, 0.15) is 55.2 Å². The van der Waals surface area contributed by atoms with Gasteiger partial charge in [-0.15, -0.1) is 0 Å². The number of imidazole rings is 1. The van der Waals surface area contributed by atoms with Crippen LogP contribution in [0, 0.1) is 0 Å². The van der Waals surface area contributed by atoms with Crippen molar-refractivity contribution in [1.82, 2.24) is 14.5 Å². The van der Waals surface area contributed by atoms with Gasteiger partial charge in [0.1, 0.15) is 17.2 Å². The highest BCUT2D eigenvalue weighted by Crippen LogP contribution is 2.32. The summed E-state index contributed by atoms with van der Waals surface area (Å²) in [4.78, 5) is 20.4. The quantitative estimate of drug-likeness (QED) is 0.398. The molecule has 0 aliphatic carbocycles. The van der Waals surface area contributed by atoms with Crippen LogP contribution in [0.2, 0.25) is 0 Å². The lowest BCUT2D eigenvalue weighted by atomic mass is 9.96. The van der Waals surface area contributed by atoms with Gasteiger partial charge in [-0.25, -0.2) is 4.98 Å². The molecule has 5 rings (SSSR count). The summed E-state index contributed by atoms with van der Waals surface area (Å²) in [6.45, 7) is 7.04. The summed E-state index contributed by atoms with van der Waals surface area (Å²) < 4.78 is 13.7. The summed E-state index contributed by atoms with van der Waals surface area (Å²) >= 11 is 0. The first-order chi connectivity index (χ1) is 15.7. The lowest BCUT2D eigenvalue weighted by Gasteiger charge is -2.33. The Bertz CT molecular complexity index is 1260. The average molecular weight is 432 g/mol. The van der Waals surface area contributed by atoms with Gasteiger partial charge >= 0.3 is 0 Å². The van der Waals surface area contributed by atoms with Crippen molar-refractivity contribution in [2.75, 3.05) is 19.7 Å². The molecule has 1 atom stereocenters. The summed E-state index contributed by atoms with van der Waals surface area (Å²) in [5.41, 5.74) is 3.50. The second-order valence-electron chi connectivity index (χ2n) is 8.44. The van der Waals surface area contributed by atoms with E-state index in [-0.39, 0.29) is 11.8 Å². The van der Waals surface area contributed by atoms with Crippen LogP contribution in [0.15, 0.2) is 53.1 Å². The number of hydrogen-bond acceptors (Lipinski definition) is 4. The number of fused-ring (bicyclic) bond motifs is 2. The number of piperidine rings is 1. The van der Waals surface area contributed by atoms with Gasteiger partial charge in [-0.05, 0) is 56.5 Å². The number of furan rings is 1. The Balaban J connectivity index is 1.45. The van der Waals surface area contributed by atoms with E-state index >= 15 is 0 Å². The molecule has 0 radical (unpaired) electrons. The molecule has 1 aliphatic rings. The summed E-state index contributed by atoms with van der Waals surface area (Å²) in [5.74, 6) is 2.04. The Morgan fingerprint density at radius 1 is 1.22 bits per heavy atom.